The molecule has 1 aromatic rings. The third kappa shape index (κ3) is 4.93. The fourth-order valence-electron chi connectivity index (χ4n) is 2.32. The maximum absolute atomic E-state index is 8.66. The topological polar surface area (TPSA) is 79.9 Å². The first-order chi connectivity index (χ1) is 10.0. The van der Waals surface area contributed by atoms with Crippen LogP contribution in [0, 0.1) is 12.3 Å². The van der Waals surface area contributed by atoms with Crippen LogP contribution in [0.15, 0.2) is 29.4 Å². The Bertz CT molecular complexity index is 481. The molecule has 1 saturated carbocycles. The number of benzene rings is 1. The number of oxime groups is 1. The lowest BCUT2D eigenvalue weighted by molar-refractivity contribution is 0.264. The van der Waals surface area contributed by atoms with Crippen LogP contribution in [-0.4, -0.2) is 30.2 Å². The van der Waals surface area contributed by atoms with Crippen LogP contribution in [0.3, 0.4) is 0 Å². The summed E-state index contributed by atoms with van der Waals surface area (Å²) in [7, 11) is 0. The number of hydrogen-bond acceptors (Lipinski definition) is 4. The standard InChI is InChI=1S/C16H25N3O2/c1-12-3-5-14(6-4-12)21-10-13(2)18-11-16(7-8-16)9-15(17)19-20/h3-6,13,18,20H,7-11H2,1-2H3,(H2,17,19). The Labute approximate surface area is 126 Å². The Kier molecular flexibility index (Phi) is 5.07. The Hall–Kier alpha value is -1.75. The second-order valence-electron chi connectivity index (χ2n) is 6.17. The van der Waals surface area contributed by atoms with Gasteiger partial charge in [-0.05, 0) is 44.2 Å². The van der Waals surface area contributed by atoms with E-state index >= 15 is 0 Å². The van der Waals surface area contributed by atoms with E-state index in [0.717, 1.165) is 25.1 Å². The van der Waals surface area contributed by atoms with Crippen LogP contribution < -0.4 is 15.8 Å². The first kappa shape index (κ1) is 15.6. The van der Waals surface area contributed by atoms with Gasteiger partial charge in [-0.15, -0.1) is 0 Å². The largest absolute Gasteiger partial charge is 0.492 e. The van der Waals surface area contributed by atoms with E-state index < -0.39 is 0 Å². The number of hydrogen-bond donors (Lipinski definition) is 3. The van der Waals surface area contributed by atoms with Crippen molar-refractivity contribution >= 4 is 5.84 Å². The first-order valence-electron chi connectivity index (χ1n) is 7.42. The van der Waals surface area contributed by atoms with Gasteiger partial charge >= 0.3 is 0 Å². The molecule has 1 unspecified atom stereocenters. The molecule has 1 aliphatic rings. The summed E-state index contributed by atoms with van der Waals surface area (Å²) in [4.78, 5) is 0. The number of nitrogens with two attached hydrogens (primary N) is 1. The molecule has 1 atom stereocenters. The van der Waals surface area contributed by atoms with Gasteiger partial charge in [-0.25, -0.2) is 0 Å². The fraction of sp³-hybridized carbons (Fsp3) is 0.562. The van der Waals surface area contributed by atoms with Crippen molar-refractivity contribution in [3.8, 4) is 5.75 Å². The number of nitrogens with one attached hydrogen (secondary N) is 1. The zero-order valence-corrected chi connectivity index (χ0v) is 12.8. The average Bonchev–Trinajstić information content (AvgIpc) is 3.24. The second-order valence-corrected chi connectivity index (χ2v) is 6.17. The highest BCUT2D eigenvalue weighted by Crippen LogP contribution is 2.48. The molecule has 116 valence electrons. The van der Waals surface area contributed by atoms with Crippen LogP contribution in [0.5, 0.6) is 5.75 Å². The highest BCUT2D eigenvalue weighted by Gasteiger charge is 2.43. The van der Waals surface area contributed by atoms with Gasteiger partial charge in [0, 0.05) is 19.0 Å². The third-order valence-electron chi connectivity index (χ3n) is 3.99. The smallest absolute Gasteiger partial charge is 0.139 e. The van der Waals surface area contributed by atoms with Crippen LogP contribution in [0.4, 0.5) is 0 Å². The lowest BCUT2D eigenvalue weighted by Crippen LogP contribution is -2.37. The summed E-state index contributed by atoms with van der Waals surface area (Å²) in [6, 6.07) is 8.33. The zero-order chi connectivity index (χ0) is 15.3. The van der Waals surface area contributed by atoms with E-state index in [0.29, 0.717) is 18.9 Å². The highest BCUT2D eigenvalue weighted by molar-refractivity contribution is 5.80. The van der Waals surface area contributed by atoms with Gasteiger partial charge in [-0.3, -0.25) is 0 Å². The Balaban J connectivity index is 1.70. The van der Waals surface area contributed by atoms with Crippen molar-refractivity contribution < 1.29 is 9.94 Å². The van der Waals surface area contributed by atoms with Gasteiger partial charge in [0.15, 0.2) is 0 Å². The van der Waals surface area contributed by atoms with E-state index in [-0.39, 0.29) is 11.5 Å². The predicted molar refractivity (Wildman–Crippen MR) is 83.8 cm³/mol. The SMILES string of the molecule is Cc1ccc(OCC(C)NCC2(CC(N)=NO)CC2)cc1. The molecule has 5 nitrogen and oxygen atoms in total. The van der Waals surface area contributed by atoms with E-state index in [9.17, 15) is 0 Å². The van der Waals surface area contributed by atoms with Gasteiger partial charge < -0.3 is 21.0 Å². The molecule has 0 amide bonds. The summed E-state index contributed by atoms with van der Waals surface area (Å²) >= 11 is 0. The minimum atomic E-state index is 0.175. The maximum Gasteiger partial charge on any atom is 0.139 e. The molecule has 1 fully saturated rings. The molecule has 21 heavy (non-hydrogen) atoms. The normalized spacial score (nSPS) is 18.3. The molecule has 4 N–H and O–H groups in total. The molecule has 2 rings (SSSR count). The fourth-order valence-corrected chi connectivity index (χ4v) is 2.32. The number of amidine groups is 1. The molecule has 0 spiro atoms. The minimum absolute atomic E-state index is 0.175. The lowest BCUT2D eigenvalue weighted by atomic mass is 10.0. The van der Waals surface area contributed by atoms with Crippen molar-refractivity contribution in [2.45, 2.75) is 39.2 Å². The lowest BCUT2D eigenvalue weighted by Gasteiger charge is -2.20. The van der Waals surface area contributed by atoms with Crippen LogP contribution in [0.1, 0.15) is 31.7 Å². The minimum Gasteiger partial charge on any atom is -0.492 e. The summed E-state index contributed by atoms with van der Waals surface area (Å²) < 4.78 is 5.76. The van der Waals surface area contributed by atoms with Crippen molar-refractivity contribution in [1.29, 1.82) is 0 Å². The van der Waals surface area contributed by atoms with Gasteiger partial charge in [0.2, 0.25) is 0 Å². The van der Waals surface area contributed by atoms with E-state index in [1.807, 2.05) is 24.3 Å². The van der Waals surface area contributed by atoms with Crippen molar-refractivity contribution in [2.24, 2.45) is 16.3 Å². The van der Waals surface area contributed by atoms with Crippen molar-refractivity contribution in [3.05, 3.63) is 29.8 Å². The van der Waals surface area contributed by atoms with E-state index in [2.05, 4.69) is 24.3 Å². The number of aryl methyl sites for hydroxylation is 1. The number of rotatable bonds is 8. The molecular formula is C16H25N3O2. The van der Waals surface area contributed by atoms with Crippen molar-refractivity contribution in [3.63, 3.8) is 0 Å². The molecule has 1 aliphatic carbocycles. The van der Waals surface area contributed by atoms with Gasteiger partial charge in [0.05, 0.1) is 0 Å². The Morgan fingerprint density at radius 1 is 1.43 bits per heavy atom. The van der Waals surface area contributed by atoms with Crippen LogP contribution in [-0.2, 0) is 0 Å². The first-order valence-corrected chi connectivity index (χ1v) is 7.42. The number of ether oxygens (including phenoxy) is 1. The highest BCUT2D eigenvalue weighted by atomic mass is 16.5. The third-order valence-corrected chi connectivity index (χ3v) is 3.99. The molecule has 5 heteroatoms. The van der Waals surface area contributed by atoms with E-state index in [4.69, 9.17) is 15.7 Å². The average molecular weight is 291 g/mol. The van der Waals surface area contributed by atoms with Crippen molar-refractivity contribution in [1.82, 2.24) is 5.32 Å². The molecule has 0 aliphatic heterocycles. The Morgan fingerprint density at radius 2 is 2.10 bits per heavy atom. The zero-order valence-electron chi connectivity index (χ0n) is 12.8. The molecule has 0 heterocycles. The van der Waals surface area contributed by atoms with Gasteiger partial charge in [0.25, 0.3) is 0 Å². The van der Waals surface area contributed by atoms with Gasteiger partial charge in [-0.2, -0.15) is 0 Å². The van der Waals surface area contributed by atoms with Gasteiger partial charge in [-0.1, -0.05) is 22.9 Å². The molecule has 0 bridgehead atoms. The van der Waals surface area contributed by atoms with E-state index in [1.54, 1.807) is 0 Å². The maximum atomic E-state index is 8.66. The van der Waals surface area contributed by atoms with Crippen LogP contribution in [0.2, 0.25) is 0 Å². The summed E-state index contributed by atoms with van der Waals surface area (Å²) in [5.74, 6) is 1.21. The Morgan fingerprint density at radius 3 is 2.67 bits per heavy atom. The van der Waals surface area contributed by atoms with Crippen LogP contribution >= 0.6 is 0 Å². The summed E-state index contributed by atoms with van der Waals surface area (Å²) in [5, 5.41) is 15.2. The van der Waals surface area contributed by atoms with E-state index in [1.165, 1.54) is 5.56 Å². The predicted octanol–water partition coefficient (Wildman–Crippen LogP) is 2.27. The summed E-state index contributed by atoms with van der Waals surface area (Å²) in [6.07, 6.45) is 2.91. The second kappa shape index (κ2) is 6.80. The summed E-state index contributed by atoms with van der Waals surface area (Å²) in [5.41, 5.74) is 7.00. The number of nitrogens with zero attached hydrogens (tertiary/aromatic N) is 1. The summed E-state index contributed by atoms with van der Waals surface area (Å²) in [6.45, 7) is 5.67. The monoisotopic (exact) mass is 291 g/mol. The molecule has 0 aromatic heterocycles. The molecular weight excluding hydrogens is 266 g/mol. The quantitative estimate of drug-likeness (QED) is 0.297. The van der Waals surface area contributed by atoms with Crippen LogP contribution in [0.25, 0.3) is 0 Å². The van der Waals surface area contributed by atoms with Gasteiger partial charge in [0.1, 0.15) is 18.2 Å². The molecule has 1 aromatic carbocycles. The molecule has 0 radical (unpaired) electrons. The molecule has 0 saturated heterocycles. The van der Waals surface area contributed by atoms with Crippen molar-refractivity contribution in [2.75, 3.05) is 13.2 Å².